The number of carboxylic acids is 1. The van der Waals surface area contributed by atoms with Gasteiger partial charge in [0.25, 0.3) is 0 Å². The average Bonchev–Trinajstić information content (AvgIpc) is 2.89. The smallest absolute Gasteiger partial charge is 0.310 e. The van der Waals surface area contributed by atoms with Gasteiger partial charge in [-0.2, -0.15) is 0 Å². The Balaban J connectivity index is 2.06. The van der Waals surface area contributed by atoms with Crippen molar-refractivity contribution in [3.63, 3.8) is 0 Å². The van der Waals surface area contributed by atoms with E-state index in [1.807, 2.05) is 0 Å². The van der Waals surface area contributed by atoms with E-state index in [9.17, 15) is 9.18 Å². The highest BCUT2D eigenvalue weighted by Crippen LogP contribution is 2.27. The van der Waals surface area contributed by atoms with Gasteiger partial charge in [0.15, 0.2) is 5.58 Å². The maximum absolute atomic E-state index is 13.2. The Morgan fingerprint density at radius 2 is 2.10 bits per heavy atom. The topological polar surface area (TPSA) is 63.3 Å². The minimum atomic E-state index is -0.900. The van der Waals surface area contributed by atoms with E-state index < -0.39 is 11.9 Å². The molecule has 3 aromatic rings. The summed E-state index contributed by atoms with van der Waals surface area (Å²) in [6.45, 7) is 1.61. The molecular formula is C16H12FNO3. The number of oxazole rings is 1. The van der Waals surface area contributed by atoms with Crippen LogP contribution in [0.1, 0.15) is 18.4 Å². The van der Waals surface area contributed by atoms with Gasteiger partial charge in [0.05, 0.1) is 5.92 Å². The molecule has 4 nitrogen and oxygen atoms in total. The summed E-state index contributed by atoms with van der Waals surface area (Å²) in [7, 11) is 0. The van der Waals surface area contributed by atoms with Crippen molar-refractivity contribution in [2.75, 3.05) is 0 Å². The van der Waals surface area contributed by atoms with E-state index in [1.165, 1.54) is 12.1 Å². The van der Waals surface area contributed by atoms with Crippen molar-refractivity contribution in [3.05, 3.63) is 53.8 Å². The number of rotatable bonds is 3. The van der Waals surface area contributed by atoms with E-state index in [2.05, 4.69) is 4.98 Å². The Morgan fingerprint density at radius 3 is 2.81 bits per heavy atom. The first-order valence-corrected chi connectivity index (χ1v) is 6.44. The molecule has 2 aromatic carbocycles. The summed E-state index contributed by atoms with van der Waals surface area (Å²) < 4.78 is 18.8. The first-order valence-electron chi connectivity index (χ1n) is 6.44. The van der Waals surface area contributed by atoms with Gasteiger partial charge in [-0.25, -0.2) is 9.37 Å². The van der Waals surface area contributed by atoms with Crippen LogP contribution in [0, 0.1) is 5.82 Å². The van der Waals surface area contributed by atoms with Crippen LogP contribution in [0.2, 0.25) is 0 Å². The van der Waals surface area contributed by atoms with Gasteiger partial charge >= 0.3 is 5.97 Å². The van der Waals surface area contributed by atoms with Crippen LogP contribution >= 0.6 is 0 Å². The molecule has 21 heavy (non-hydrogen) atoms. The average molecular weight is 285 g/mol. The van der Waals surface area contributed by atoms with Crippen LogP contribution in [0.25, 0.3) is 22.6 Å². The molecule has 0 amide bonds. The monoisotopic (exact) mass is 285 g/mol. The summed E-state index contributed by atoms with van der Waals surface area (Å²) in [5.41, 5.74) is 2.28. The van der Waals surface area contributed by atoms with Crippen LogP contribution in [0.3, 0.4) is 0 Å². The first-order chi connectivity index (χ1) is 10.0. The zero-order valence-electron chi connectivity index (χ0n) is 11.2. The number of hydrogen-bond donors (Lipinski definition) is 1. The largest absolute Gasteiger partial charge is 0.481 e. The molecular weight excluding hydrogens is 273 g/mol. The Morgan fingerprint density at radius 1 is 1.29 bits per heavy atom. The van der Waals surface area contributed by atoms with Crippen molar-refractivity contribution in [1.82, 2.24) is 4.98 Å². The van der Waals surface area contributed by atoms with E-state index in [4.69, 9.17) is 9.52 Å². The molecule has 1 atom stereocenters. The SMILES string of the molecule is C[C@@H](C(=O)O)c1ccc2oc(-c3cccc(F)c3)nc2c1. The van der Waals surface area contributed by atoms with Gasteiger partial charge in [0.2, 0.25) is 5.89 Å². The van der Waals surface area contributed by atoms with E-state index in [0.29, 0.717) is 28.1 Å². The summed E-state index contributed by atoms with van der Waals surface area (Å²) in [6.07, 6.45) is 0. The first kappa shape index (κ1) is 13.3. The van der Waals surface area contributed by atoms with E-state index in [-0.39, 0.29) is 5.82 Å². The van der Waals surface area contributed by atoms with Gasteiger partial charge in [-0.05, 0) is 42.8 Å². The van der Waals surface area contributed by atoms with Crippen molar-refractivity contribution >= 4 is 17.1 Å². The lowest BCUT2D eigenvalue weighted by atomic mass is 10.0. The molecule has 0 aliphatic heterocycles. The van der Waals surface area contributed by atoms with Gasteiger partial charge in [0.1, 0.15) is 11.3 Å². The van der Waals surface area contributed by atoms with Crippen molar-refractivity contribution in [3.8, 4) is 11.5 Å². The number of benzene rings is 2. The predicted octanol–water partition coefficient (Wildman–Crippen LogP) is 3.82. The molecule has 1 N–H and O–H groups in total. The van der Waals surface area contributed by atoms with Crippen molar-refractivity contribution in [2.24, 2.45) is 0 Å². The number of carbonyl (C=O) groups is 1. The van der Waals surface area contributed by atoms with Crippen LogP contribution in [-0.2, 0) is 4.79 Å². The van der Waals surface area contributed by atoms with Gasteiger partial charge in [-0.3, -0.25) is 4.79 Å². The molecule has 0 aliphatic carbocycles. The third kappa shape index (κ3) is 2.50. The fraction of sp³-hybridized carbons (Fsp3) is 0.125. The molecule has 1 heterocycles. The van der Waals surface area contributed by atoms with Crippen molar-refractivity contribution in [1.29, 1.82) is 0 Å². The number of hydrogen-bond acceptors (Lipinski definition) is 3. The molecule has 5 heteroatoms. The van der Waals surface area contributed by atoms with Crippen LogP contribution in [-0.4, -0.2) is 16.1 Å². The highest BCUT2D eigenvalue weighted by Gasteiger charge is 2.16. The number of halogens is 1. The Bertz CT molecular complexity index is 825. The van der Waals surface area contributed by atoms with Crippen LogP contribution in [0.15, 0.2) is 46.9 Å². The fourth-order valence-corrected chi connectivity index (χ4v) is 2.10. The molecule has 0 unspecified atom stereocenters. The number of aromatic nitrogens is 1. The summed E-state index contributed by atoms with van der Waals surface area (Å²) in [5, 5.41) is 9.04. The van der Waals surface area contributed by atoms with E-state index >= 15 is 0 Å². The molecule has 0 saturated carbocycles. The Kier molecular flexibility index (Phi) is 3.17. The number of nitrogens with zero attached hydrogens (tertiary/aromatic N) is 1. The highest BCUT2D eigenvalue weighted by molar-refractivity contribution is 5.81. The highest BCUT2D eigenvalue weighted by atomic mass is 19.1. The van der Waals surface area contributed by atoms with Gasteiger partial charge < -0.3 is 9.52 Å². The van der Waals surface area contributed by atoms with E-state index in [0.717, 1.165) is 0 Å². The third-order valence-corrected chi connectivity index (χ3v) is 3.35. The standard InChI is InChI=1S/C16H12FNO3/c1-9(16(19)20)10-5-6-14-13(8-10)18-15(21-14)11-3-2-4-12(17)7-11/h2-9H,1H3,(H,19,20)/t9-/m1/s1. The predicted molar refractivity (Wildman–Crippen MR) is 75.5 cm³/mol. The minimum absolute atomic E-state index is 0.310. The summed E-state index contributed by atoms with van der Waals surface area (Å²) >= 11 is 0. The van der Waals surface area contributed by atoms with Crippen molar-refractivity contribution in [2.45, 2.75) is 12.8 Å². The zero-order valence-corrected chi connectivity index (χ0v) is 11.2. The molecule has 0 saturated heterocycles. The summed E-state index contributed by atoms with van der Waals surface area (Å²) in [4.78, 5) is 15.3. The van der Waals surface area contributed by atoms with Crippen LogP contribution in [0.4, 0.5) is 4.39 Å². The van der Waals surface area contributed by atoms with Gasteiger partial charge in [0, 0.05) is 5.56 Å². The normalized spacial score (nSPS) is 12.5. The van der Waals surface area contributed by atoms with Gasteiger partial charge in [-0.1, -0.05) is 12.1 Å². The van der Waals surface area contributed by atoms with E-state index in [1.54, 1.807) is 37.3 Å². The fourth-order valence-electron chi connectivity index (χ4n) is 2.10. The minimum Gasteiger partial charge on any atom is -0.481 e. The lowest BCUT2D eigenvalue weighted by Crippen LogP contribution is -2.06. The van der Waals surface area contributed by atoms with Gasteiger partial charge in [-0.15, -0.1) is 0 Å². The van der Waals surface area contributed by atoms with Crippen LogP contribution < -0.4 is 0 Å². The molecule has 0 bridgehead atoms. The lowest BCUT2D eigenvalue weighted by molar-refractivity contribution is -0.138. The number of fused-ring (bicyclic) bond motifs is 1. The lowest BCUT2D eigenvalue weighted by Gasteiger charge is -2.04. The van der Waals surface area contributed by atoms with Crippen molar-refractivity contribution < 1.29 is 18.7 Å². The second kappa shape index (κ2) is 5.01. The number of carboxylic acid groups (broad SMARTS) is 1. The second-order valence-electron chi connectivity index (χ2n) is 4.82. The third-order valence-electron chi connectivity index (χ3n) is 3.35. The molecule has 0 fully saturated rings. The molecule has 3 rings (SSSR count). The second-order valence-corrected chi connectivity index (χ2v) is 4.82. The molecule has 0 radical (unpaired) electrons. The Hall–Kier alpha value is -2.69. The Labute approximate surface area is 119 Å². The summed E-state index contributed by atoms with van der Waals surface area (Å²) in [5.74, 6) is -1.58. The molecule has 0 aliphatic rings. The molecule has 106 valence electrons. The molecule has 0 spiro atoms. The van der Waals surface area contributed by atoms with Crippen LogP contribution in [0.5, 0.6) is 0 Å². The summed E-state index contributed by atoms with van der Waals surface area (Å²) in [6, 6.07) is 11.0. The zero-order chi connectivity index (χ0) is 15.0. The maximum Gasteiger partial charge on any atom is 0.310 e. The quantitative estimate of drug-likeness (QED) is 0.794. The maximum atomic E-state index is 13.2. The number of aliphatic carboxylic acids is 1. The molecule has 1 aromatic heterocycles.